The number of rotatable bonds is 5. The quantitative estimate of drug-likeness (QED) is 0.665. The van der Waals surface area contributed by atoms with Crippen LogP contribution < -0.4 is 10.5 Å². The van der Waals surface area contributed by atoms with E-state index in [9.17, 15) is 0 Å². The molecule has 0 aromatic carbocycles. The van der Waals surface area contributed by atoms with Crippen molar-refractivity contribution in [2.24, 2.45) is 0 Å². The average molecular weight is 276 g/mol. The second-order valence-electron chi connectivity index (χ2n) is 3.83. The molecule has 0 atom stereocenters. The summed E-state index contributed by atoms with van der Waals surface area (Å²) in [7, 11) is 1.58. The molecule has 0 saturated heterocycles. The van der Waals surface area contributed by atoms with E-state index in [2.05, 4.69) is 20.1 Å². The summed E-state index contributed by atoms with van der Waals surface area (Å²) in [6.45, 7) is 0.754. The number of nitrogen functional groups attached to an aromatic ring is 1. The molecule has 3 aromatic rings. The van der Waals surface area contributed by atoms with Crippen LogP contribution in [0.4, 0.5) is 5.95 Å². The predicted molar refractivity (Wildman–Crippen MR) is 68.1 cm³/mol. The van der Waals surface area contributed by atoms with E-state index in [0.29, 0.717) is 24.8 Å². The van der Waals surface area contributed by atoms with Crippen LogP contribution in [-0.4, -0.2) is 44.9 Å². The molecule has 104 valence electrons. The molecule has 0 fully saturated rings. The second kappa shape index (κ2) is 5.13. The number of aromatic nitrogens is 5. The molecule has 3 heterocycles. The molecule has 0 aliphatic carbocycles. The van der Waals surface area contributed by atoms with Crippen LogP contribution in [0.25, 0.3) is 17.4 Å². The molecule has 0 amide bonds. The van der Waals surface area contributed by atoms with E-state index in [1.807, 2.05) is 0 Å². The highest BCUT2D eigenvalue weighted by Crippen LogP contribution is 2.17. The zero-order chi connectivity index (χ0) is 13.9. The fourth-order valence-electron chi connectivity index (χ4n) is 1.58. The first kappa shape index (κ1) is 12.4. The number of nitrogens with two attached hydrogens (primary N) is 1. The number of fused-ring (bicyclic) bond motifs is 1. The topological polar surface area (TPSA) is 114 Å². The second-order valence-corrected chi connectivity index (χ2v) is 3.83. The fraction of sp³-hybridized carbons (Fsp3) is 0.273. The number of anilines is 1. The molecule has 0 bridgehead atoms. The molecule has 0 aliphatic rings. The molecular formula is C11H12N6O3. The van der Waals surface area contributed by atoms with Crippen molar-refractivity contribution < 1.29 is 13.9 Å². The fourth-order valence-corrected chi connectivity index (χ4v) is 1.58. The van der Waals surface area contributed by atoms with Gasteiger partial charge in [-0.1, -0.05) is 0 Å². The standard InChI is InChI=1S/C11H12N6O3/c1-18-5-6-20-11-14-9(12)17-10(15-11)13-8(16-17)7-3-2-4-19-7/h2-4H,5-6H2,1H3,(H2,12,13,14,15,16). The van der Waals surface area contributed by atoms with E-state index >= 15 is 0 Å². The van der Waals surface area contributed by atoms with Gasteiger partial charge < -0.3 is 19.6 Å². The van der Waals surface area contributed by atoms with Crippen molar-refractivity contribution in [3.05, 3.63) is 18.4 Å². The summed E-state index contributed by atoms with van der Waals surface area (Å²) in [6, 6.07) is 3.62. The van der Waals surface area contributed by atoms with Crippen LogP contribution in [-0.2, 0) is 4.74 Å². The van der Waals surface area contributed by atoms with Crippen molar-refractivity contribution in [2.45, 2.75) is 0 Å². The normalized spacial score (nSPS) is 11.1. The van der Waals surface area contributed by atoms with Crippen molar-refractivity contribution >= 4 is 11.7 Å². The van der Waals surface area contributed by atoms with Crippen LogP contribution in [0.5, 0.6) is 6.01 Å². The first-order chi connectivity index (χ1) is 9.78. The number of furan rings is 1. The summed E-state index contributed by atoms with van der Waals surface area (Å²) in [5.74, 6) is 1.32. The molecule has 3 rings (SSSR count). The minimum atomic E-state index is 0.130. The molecule has 9 nitrogen and oxygen atoms in total. The van der Waals surface area contributed by atoms with Gasteiger partial charge in [0.05, 0.1) is 12.9 Å². The lowest BCUT2D eigenvalue weighted by molar-refractivity contribution is 0.141. The van der Waals surface area contributed by atoms with Gasteiger partial charge >= 0.3 is 6.01 Å². The van der Waals surface area contributed by atoms with Crippen molar-refractivity contribution in [1.29, 1.82) is 0 Å². The molecule has 0 spiro atoms. The Morgan fingerprint density at radius 1 is 1.30 bits per heavy atom. The highest BCUT2D eigenvalue weighted by atomic mass is 16.5. The van der Waals surface area contributed by atoms with Gasteiger partial charge in [0.25, 0.3) is 5.78 Å². The third-order valence-electron chi connectivity index (χ3n) is 2.47. The molecule has 2 N–H and O–H groups in total. The summed E-state index contributed by atoms with van der Waals surface area (Å²) >= 11 is 0. The summed E-state index contributed by atoms with van der Waals surface area (Å²) in [5, 5.41) is 4.17. The van der Waals surface area contributed by atoms with Crippen molar-refractivity contribution in [2.75, 3.05) is 26.1 Å². The smallest absolute Gasteiger partial charge is 0.323 e. The van der Waals surface area contributed by atoms with Crippen LogP contribution in [0, 0.1) is 0 Å². The van der Waals surface area contributed by atoms with Crippen LogP contribution in [0.3, 0.4) is 0 Å². The van der Waals surface area contributed by atoms with Gasteiger partial charge in [0.1, 0.15) is 6.61 Å². The van der Waals surface area contributed by atoms with E-state index in [1.165, 1.54) is 10.8 Å². The highest BCUT2D eigenvalue weighted by molar-refractivity contribution is 5.51. The molecule has 0 unspecified atom stereocenters. The van der Waals surface area contributed by atoms with Crippen LogP contribution in [0.1, 0.15) is 0 Å². The highest BCUT2D eigenvalue weighted by Gasteiger charge is 2.14. The van der Waals surface area contributed by atoms with Gasteiger partial charge in [0.15, 0.2) is 5.76 Å². The summed E-state index contributed by atoms with van der Waals surface area (Å²) in [5.41, 5.74) is 5.80. The number of hydrogen-bond acceptors (Lipinski definition) is 8. The molecular weight excluding hydrogens is 264 g/mol. The Morgan fingerprint density at radius 3 is 2.95 bits per heavy atom. The Balaban J connectivity index is 1.95. The van der Waals surface area contributed by atoms with Gasteiger partial charge in [-0.3, -0.25) is 0 Å². The van der Waals surface area contributed by atoms with Gasteiger partial charge in [-0.05, 0) is 12.1 Å². The third kappa shape index (κ3) is 2.26. The van der Waals surface area contributed by atoms with E-state index in [-0.39, 0.29) is 17.7 Å². The number of hydrogen-bond donors (Lipinski definition) is 1. The SMILES string of the molecule is COCCOc1nc(N)n2nc(-c3ccco3)nc2n1. The lowest BCUT2D eigenvalue weighted by Gasteiger charge is -2.03. The Hall–Kier alpha value is -2.68. The maximum absolute atomic E-state index is 5.80. The number of ether oxygens (including phenoxy) is 2. The zero-order valence-corrected chi connectivity index (χ0v) is 10.7. The third-order valence-corrected chi connectivity index (χ3v) is 2.47. The first-order valence-electron chi connectivity index (χ1n) is 5.84. The van der Waals surface area contributed by atoms with Gasteiger partial charge in [0, 0.05) is 7.11 Å². The molecule has 0 saturated carbocycles. The Kier molecular flexibility index (Phi) is 3.17. The minimum Gasteiger partial charge on any atom is -0.461 e. The Morgan fingerprint density at radius 2 is 2.20 bits per heavy atom. The maximum atomic E-state index is 5.80. The van der Waals surface area contributed by atoms with Gasteiger partial charge in [-0.2, -0.15) is 19.5 Å². The monoisotopic (exact) mass is 276 g/mol. The molecule has 0 radical (unpaired) electrons. The minimum absolute atomic E-state index is 0.130. The van der Waals surface area contributed by atoms with E-state index < -0.39 is 0 Å². The molecule has 9 heteroatoms. The summed E-state index contributed by atoms with van der Waals surface area (Å²) in [4.78, 5) is 12.3. The Labute approximate surface area is 113 Å². The van der Waals surface area contributed by atoms with Gasteiger partial charge in [-0.25, -0.2) is 0 Å². The molecule has 3 aromatic heterocycles. The summed E-state index contributed by atoms with van der Waals surface area (Å²) < 4.78 is 16.7. The largest absolute Gasteiger partial charge is 0.461 e. The van der Waals surface area contributed by atoms with E-state index in [4.69, 9.17) is 19.6 Å². The number of nitrogens with zero attached hydrogens (tertiary/aromatic N) is 5. The lowest BCUT2D eigenvalue weighted by Crippen LogP contribution is -2.10. The van der Waals surface area contributed by atoms with Gasteiger partial charge in [0.2, 0.25) is 11.8 Å². The van der Waals surface area contributed by atoms with Gasteiger partial charge in [-0.15, -0.1) is 5.10 Å². The van der Waals surface area contributed by atoms with Crippen LogP contribution in [0.15, 0.2) is 22.8 Å². The van der Waals surface area contributed by atoms with Crippen molar-refractivity contribution in [1.82, 2.24) is 24.6 Å². The van der Waals surface area contributed by atoms with Crippen LogP contribution >= 0.6 is 0 Å². The first-order valence-corrected chi connectivity index (χ1v) is 5.84. The van der Waals surface area contributed by atoms with Crippen molar-refractivity contribution in [3.8, 4) is 17.6 Å². The maximum Gasteiger partial charge on any atom is 0.323 e. The van der Waals surface area contributed by atoms with Crippen LogP contribution in [0.2, 0.25) is 0 Å². The zero-order valence-electron chi connectivity index (χ0n) is 10.7. The lowest BCUT2D eigenvalue weighted by atomic mass is 10.4. The molecule has 20 heavy (non-hydrogen) atoms. The van der Waals surface area contributed by atoms with E-state index in [1.54, 1.807) is 19.2 Å². The van der Waals surface area contributed by atoms with E-state index in [0.717, 1.165) is 0 Å². The molecule has 0 aliphatic heterocycles. The van der Waals surface area contributed by atoms with Crippen molar-refractivity contribution in [3.63, 3.8) is 0 Å². The number of methoxy groups -OCH3 is 1. The Bertz CT molecular complexity index is 708. The average Bonchev–Trinajstić information content (AvgIpc) is 3.07. The summed E-state index contributed by atoms with van der Waals surface area (Å²) in [6.07, 6.45) is 1.54. The predicted octanol–water partition coefficient (Wildman–Crippen LogP) is 0.387.